The van der Waals surface area contributed by atoms with E-state index in [1.807, 2.05) is 29.2 Å². The molecule has 0 atom stereocenters. The van der Waals surface area contributed by atoms with Gasteiger partial charge in [0.1, 0.15) is 5.75 Å². The molecule has 1 aliphatic heterocycles. The lowest BCUT2D eigenvalue weighted by molar-refractivity contribution is 0.0713. The van der Waals surface area contributed by atoms with Crippen molar-refractivity contribution in [2.75, 3.05) is 13.1 Å². The number of aromatic hydroxyl groups is 1. The number of piperidine rings is 1. The molecular formula is C21H25NO2. The maximum Gasteiger partial charge on any atom is 0.253 e. The number of likely N-dealkylation sites (tertiary alicyclic amines) is 1. The van der Waals surface area contributed by atoms with Gasteiger partial charge in [0, 0.05) is 18.7 Å². The van der Waals surface area contributed by atoms with Crippen LogP contribution in [0.5, 0.6) is 5.75 Å². The fraction of sp³-hybridized carbons (Fsp3) is 0.381. The smallest absolute Gasteiger partial charge is 0.253 e. The van der Waals surface area contributed by atoms with Crippen molar-refractivity contribution in [2.45, 2.75) is 38.5 Å². The molecule has 0 aromatic heterocycles. The molecule has 1 heterocycles. The molecule has 1 fully saturated rings. The summed E-state index contributed by atoms with van der Waals surface area (Å²) in [6.07, 6.45) is 1.95. The van der Waals surface area contributed by atoms with Crippen molar-refractivity contribution < 1.29 is 9.90 Å². The van der Waals surface area contributed by atoms with Crippen molar-refractivity contribution in [3.63, 3.8) is 0 Å². The van der Waals surface area contributed by atoms with Gasteiger partial charge in [0.05, 0.1) is 0 Å². The van der Waals surface area contributed by atoms with E-state index in [4.69, 9.17) is 0 Å². The van der Waals surface area contributed by atoms with Gasteiger partial charge in [-0.25, -0.2) is 0 Å². The lowest BCUT2D eigenvalue weighted by Gasteiger charge is -2.32. The average Bonchev–Trinajstić information content (AvgIpc) is 2.62. The fourth-order valence-corrected chi connectivity index (χ4v) is 3.36. The summed E-state index contributed by atoms with van der Waals surface area (Å²) >= 11 is 0. The third-order valence-electron chi connectivity index (χ3n) is 4.97. The number of rotatable bonds is 3. The van der Waals surface area contributed by atoms with Crippen molar-refractivity contribution >= 4 is 5.91 Å². The SMILES string of the molecule is CC(C)c1ccc(C(=O)N2CCC(c3ccc(O)cc3)CC2)cc1. The zero-order valence-electron chi connectivity index (χ0n) is 14.4. The summed E-state index contributed by atoms with van der Waals surface area (Å²) in [6.45, 7) is 5.89. The monoisotopic (exact) mass is 323 g/mol. The molecule has 126 valence electrons. The highest BCUT2D eigenvalue weighted by Crippen LogP contribution is 2.29. The number of carbonyl (C=O) groups excluding carboxylic acids is 1. The van der Waals surface area contributed by atoms with E-state index in [9.17, 15) is 9.90 Å². The fourth-order valence-electron chi connectivity index (χ4n) is 3.36. The Balaban J connectivity index is 1.61. The topological polar surface area (TPSA) is 40.5 Å². The Hall–Kier alpha value is -2.29. The highest BCUT2D eigenvalue weighted by atomic mass is 16.3. The van der Waals surface area contributed by atoms with Gasteiger partial charge >= 0.3 is 0 Å². The third-order valence-corrected chi connectivity index (χ3v) is 4.97. The molecule has 2 aromatic carbocycles. The molecule has 2 aromatic rings. The van der Waals surface area contributed by atoms with Gasteiger partial charge in [-0.1, -0.05) is 38.1 Å². The van der Waals surface area contributed by atoms with Gasteiger partial charge in [0.15, 0.2) is 0 Å². The number of carbonyl (C=O) groups is 1. The summed E-state index contributed by atoms with van der Waals surface area (Å²) in [6, 6.07) is 15.5. The van der Waals surface area contributed by atoms with Crippen LogP contribution in [0.3, 0.4) is 0 Å². The molecule has 1 aliphatic rings. The van der Waals surface area contributed by atoms with E-state index in [-0.39, 0.29) is 5.91 Å². The summed E-state index contributed by atoms with van der Waals surface area (Å²) in [5.41, 5.74) is 3.29. The zero-order valence-corrected chi connectivity index (χ0v) is 14.4. The first kappa shape index (κ1) is 16.6. The molecule has 0 unspecified atom stereocenters. The minimum atomic E-state index is 0.134. The van der Waals surface area contributed by atoms with Crippen molar-refractivity contribution in [1.82, 2.24) is 4.90 Å². The number of phenols is 1. The molecule has 24 heavy (non-hydrogen) atoms. The molecule has 0 aliphatic carbocycles. The average molecular weight is 323 g/mol. The second-order valence-electron chi connectivity index (χ2n) is 6.93. The standard InChI is InChI=1S/C21H25NO2/c1-15(2)16-3-5-19(6-4-16)21(24)22-13-11-18(12-14-22)17-7-9-20(23)10-8-17/h3-10,15,18,23H,11-14H2,1-2H3. The Kier molecular flexibility index (Phi) is 4.89. The molecule has 0 bridgehead atoms. The van der Waals surface area contributed by atoms with E-state index in [0.29, 0.717) is 17.6 Å². The molecule has 0 radical (unpaired) electrons. The molecular weight excluding hydrogens is 298 g/mol. The van der Waals surface area contributed by atoms with Crippen molar-refractivity contribution in [3.8, 4) is 5.75 Å². The summed E-state index contributed by atoms with van der Waals surface area (Å²) in [5, 5.41) is 9.40. The number of nitrogens with zero attached hydrogens (tertiary/aromatic N) is 1. The number of hydrogen-bond donors (Lipinski definition) is 1. The van der Waals surface area contributed by atoms with Gasteiger partial charge in [-0.3, -0.25) is 4.79 Å². The van der Waals surface area contributed by atoms with Crippen LogP contribution in [0.2, 0.25) is 0 Å². The van der Waals surface area contributed by atoms with Crippen LogP contribution in [0.4, 0.5) is 0 Å². The van der Waals surface area contributed by atoms with Gasteiger partial charge in [-0.2, -0.15) is 0 Å². The van der Waals surface area contributed by atoms with Gasteiger partial charge in [0.2, 0.25) is 0 Å². The number of phenolic OH excluding ortho intramolecular Hbond substituents is 1. The van der Waals surface area contributed by atoms with E-state index < -0.39 is 0 Å². The van der Waals surface area contributed by atoms with E-state index >= 15 is 0 Å². The lowest BCUT2D eigenvalue weighted by Crippen LogP contribution is -2.37. The second-order valence-corrected chi connectivity index (χ2v) is 6.93. The largest absolute Gasteiger partial charge is 0.508 e. The maximum absolute atomic E-state index is 12.7. The number of benzene rings is 2. The normalized spacial score (nSPS) is 15.7. The Morgan fingerprint density at radius 3 is 2.12 bits per heavy atom. The van der Waals surface area contributed by atoms with Crippen LogP contribution in [0.25, 0.3) is 0 Å². The predicted octanol–water partition coefficient (Wildman–Crippen LogP) is 4.54. The number of hydrogen-bond acceptors (Lipinski definition) is 2. The quantitative estimate of drug-likeness (QED) is 0.901. The Morgan fingerprint density at radius 2 is 1.58 bits per heavy atom. The van der Waals surface area contributed by atoms with Crippen molar-refractivity contribution in [2.24, 2.45) is 0 Å². The minimum absolute atomic E-state index is 0.134. The summed E-state index contributed by atoms with van der Waals surface area (Å²) < 4.78 is 0. The maximum atomic E-state index is 12.7. The molecule has 0 spiro atoms. The van der Waals surface area contributed by atoms with Crippen LogP contribution in [0, 0.1) is 0 Å². The highest BCUT2D eigenvalue weighted by molar-refractivity contribution is 5.94. The summed E-state index contributed by atoms with van der Waals surface area (Å²) in [7, 11) is 0. The van der Waals surface area contributed by atoms with E-state index in [1.165, 1.54) is 11.1 Å². The highest BCUT2D eigenvalue weighted by Gasteiger charge is 2.24. The van der Waals surface area contributed by atoms with E-state index in [2.05, 4.69) is 26.0 Å². The van der Waals surface area contributed by atoms with Crippen LogP contribution >= 0.6 is 0 Å². The zero-order chi connectivity index (χ0) is 17.1. The number of amides is 1. The Bertz CT molecular complexity index is 681. The molecule has 1 amide bonds. The third kappa shape index (κ3) is 3.61. The van der Waals surface area contributed by atoms with Crippen LogP contribution in [-0.2, 0) is 0 Å². The summed E-state index contributed by atoms with van der Waals surface area (Å²) in [5.74, 6) is 1.39. The van der Waals surface area contributed by atoms with Crippen molar-refractivity contribution in [1.29, 1.82) is 0 Å². The Morgan fingerprint density at radius 1 is 1.00 bits per heavy atom. The first-order chi connectivity index (χ1) is 11.5. The first-order valence-electron chi connectivity index (χ1n) is 8.73. The van der Waals surface area contributed by atoms with Gasteiger partial charge in [-0.05, 0) is 60.1 Å². The van der Waals surface area contributed by atoms with Gasteiger partial charge < -0.3 is 10.0 Å². The van der Waals surface area contributed by atoms with Crippen molar-refractivity contribution in [3.05, 3.63) is 65.2 Å². The second kappa shape index (κ2) is 7.08. The van der Waals surface area contributed by atoms with Gasteiger partial charge in [0.25, 0.3) is 5.91 Å². The van der Waals surface area contributed by atoms with Crippen LogP contribution in [0.15, 0.2) is 48.5 Å². The molecule has 3 rings (SSSR count). The molecule has 3 nitrogen and oxygen atoms in total. The van der Waals surface area contributed by atoms with Crippen LogP contribution in [-0.4, -0.2) is 29.0 Å². The minimum Gasteiger partial charge on any atom is -0.508 e. The molecule has 1 saturated heterocycles. The van der Waals surface area contributed by atoms with Gasteiger partial charge in [-0.15, -0.1) is 0 Å². The van der Waals surface area contributed by atoms with Crippen LogP contribution < -0.4 is 0 Å². The molecule has 0 saturated carbocycles. The lowest BCUT2D eigenvalue weighted by atomic mass is 9.89. The summed E-state index contributed by atoms with van der Waals surface area (Å²) in [4.78, 5) is 14.6. The van der Waals surface area contributed by atoms with Crippen LogP contribution in [0.1, 0.15) is 60.0 Å². The molecule has 3 heteroatoms. The predicted molar refractivity (Wildman–Crippen MR) is 96.5 cm³/mol. The van der Waals surface area contributed by atoms with E-state index in [1.54, 1.807) is 12.1 Å². The molecule has 1 N–H and O–H groups in total. The van der Waals surface area contributed by atoms with E-state index in [0.717, 1.165) is 31.5 Å². The first-order valence-corrected chi connectivity index (χ1v) is 8.73. The Labute approximate surface area is 143 Å².